The van der Waals surface area contributed by atoms with E-state index in [1.807, 2.05) is 4.68 Å². The van der Waals surface area contributed by atoms with Crippen molar-refractivity contribution in [2.45, 2.75) is 51.7 Å². The molecule has 0 unspecified atom stereocenters. The van der Waals surface area contributed by atoms with Crippen LogP contribution in [-0.2, 0) is 13.1 Å². The van der Waals surface area contributed by atoms with Crippen LogP contribution in [0.2, 0.25) is 0 Å². The molecule has 1 aromatic rings. The smallest absolute Gasteiger partial charge is 0.165 e. The van der Waals surface area contributed by atoms with Crippen LogP contribution in [0.3, 0.4) is 0 Å². The Morgan fingerprint density at radius 3 is 3.16 bits per heavy atom. The predicted octanol–water partition coefficient (Wildman–Crippen LogP) is 0.657. The van der Waals surface area contributed by atoms with Crippen molar-refractivity contribution >= 4 is 0 Å². The minimum Gasteiger partial charge on any atom is -0.312 e. The summed E-state index contributed by atoms with van der Waals surface area (Å²) in [6.45, 7) is 7.55. The molecule has 106 valence electrons. The Bertz CT molecular complexity index is 390. The zero-order valence-electron chi connectivity index (χ0n) is 11.8. The van der Waals surface area contributed by atoms with Crippen molar-refractivity contribution in [1.82, 2.24) is 30.4 Å². The van der Waals surface area contributed by atoms with E-state index in [9.17, 15) is 0 Å². The number of piperidine rings is 1. The van der Waals surface area contributed by atoms with Crippen LogP contribution in [0.1, 0.15) is 38.4 Å². The molecular formula is C13H24N6. The maximum atomic E-state index is 4.19. The van der Waals surface area contributed by atoms with E-state index in [4.69, 9.17) is 0 Å². The molecule has 0 aromatic carbocycles. The minimum absolute atomic E-state index is 0.689. The Labute approximate surface area is 114 Å². The molecule has 0 aliphatic carbocycles. The largest absolute Gasteiger partial charge is 0.312 e. The highest BCUT2D eigenvalue weighted by atomic mass is 15.5. The van der Waals surface area contributed by atoms with Gasteiger partial charge in [-0.3, -0.25) is 4.90 Å². The summed E-state index contributed by atoms with van der Waals surface area (Å²) in [7, 11) is 0. The summed E-state index contributed by atoms with van der Waals surface area (Å²) >= 11 is 0. The SMILES string of the molecule is CCCCn1nnnc1CN1C[C@@H]2CCCN[C@@H]2C1. The second-order valence-corrected chi connectivity index (χ2v) is 5.83. The standard InChI is InChI=1S/C13H24N6/c1-2-3-7-19-13(15-16-17-19)10-18-8-11-5-4-6-14-12(11)9-18/h11-12,14H,2-10H2,1H3/t11-,12+/m0/s1. The summed E-state index contributed by atoms with van der Waals surface area (Å²) in [4.78, 5) is 2.50. The van der Waals surface area contributed by atoms with Gasteiger partial charge in [-0.25, -0.2) is 4.68 Å². The molecule has 6 nitrogen and oxygen atoms in total. The van der Waals surface area contributed by atoms with Crippen LogP contribution in [0.15, 0.2) is 0 Å². The number of unbranched alkanes of at least 4 members (excludes halogenated alkanes) is 1. The van der Waals surface area contributed by atoms with Crippen LogP contribution in [0.5, 0.6) is 0 Å². The molecule has 2 aliphatic heterocycles. The van der Waals surface area contributed by atoms with Gasteiger partial charge in [0.25, 0.3) is 0 Å². The quantitative estimate of drug-likeness (QED) is 0.846. The number of aryl methyl sites for hydroxylation is 1. The molecule has 0 radical (unpaired) electrons. The van der Waals surface area contributed by atoms with Gasteiger partial charge < -0.3 is 5.32 Å². The van der Waals surface area contributed by atoms with Crippen LogP contribution in [0.25, 0.3) is 0 Å². The summed E-state index contributed by atoms with van der Waals surface area (Å²) in [5, 5.41) is 15.8. The number of nitrogens with one attached hydrogen (secondary N) is 1. The lowest BCUT2D eigenvalue weighted by Gasteiger charge is -2.24. The zero-order valence-corrected chi connectivity index (χ0v) is 11.8. The van der Waals surface area contributed by atoms with E-state index in [-0.39, 0.29) is 0 Å². The Hall–Kier alpha value is -1.01. The topological polar surface area (TPSA) is 58.9 Å². The molecule has 19 heavy (non-hydrogen) atoms. The Morgan fingerprint density at radius 2 is 2.32 bits per heavy atom. The molecule has 2 aliphatic rings. The fraction of sp³-hybridized carbons (Fsp3) is 0.923. The van der Waals surface area contributed by atoms with E-state index in [1.54, 1.807) is 0 Å². The third kappa shape index (κ3) is 2.95. The lowest BCUT2D eigenvalue weighted by molar-refractivity contribution is 0.297. The highest BCUT2D eigenvalue weighted by Gasteiger charge is 2.34. The minimum atomic E-state index is 0.689. The number of tetrazole rings is 1. The van der Waals surface area contributed by atoms with E-state index in [1.165, 1.54) is 32.4 Å². The van der Waals surface area contributed by atoms with Gasteiger partial charge in [0.05, 0.1) is 6.54 Å². The first-order valence-electron chi connectivity index (χ1n) is 7.57. The summed E-state index contributed by atoms with van der Waals surface area (Å²) in [5.74, 6) is 1.85. The van der Waals surface area contributed by atoms with Crippen molar-refractivity contribution in [2.75, 3.05) is 19.6 Å². The molecule has 6 heteroatoms. The molecule has 2 saturated heterocycles. The lowest BCUT2D eigenvalue weighted by Crippen LogP contribution is -2.40. The van der Waals surface area contributed by atoms with E-state index < -0.39 is 0 Å². The molecule has 0 saturated carbocycles. The van der Waals surface area contributed by atoms with Gasteiger partial charge in [-0.05, 0) is 42.2 Å². The fourth-order valence-electron chi connectivity index (χ4n) is 3.28. The van der Waals surface area contributed by atoms with Gasteiger partial charge in [0, 0.05) is 25.7 Å². The zero-order chi connectivity index (χ0) is 13.1. The Balaban J connectivity index is 1.58. The van der Waals surface area contributed by atoms with E-state index in [0.717, 1.165) is 37.8 Å². The third-order valence-electron chi connectivity index (χ3n) is 4.37. The molecule has 0 bridgehead atoms. The number of fused-ring (bicyclic) bond motifs is 1. The summed E-state index contributed by atoms with van der Waals surface area (Å²) in [5.41, 5.74) is 0. The molecular weight excluding hydrogens is 240 g/mol. The predicted molar refractivity (Wildman–Crippen MR) is 72.5 cm³/mol. The van der Waals surface area contributed by atoms with Crippen molar-refractivity contribution in [3.8, 4) is 0 Å². The molecule has 2 atom stereocenters. The second-order valence-electron chi connectivity index (χ2n) is 5.83. The van der Waals surface area contributed by atoms with Gasteiger partial charge in [-0.1, -0.05) is 13.3 Å². The average Bonchev–Trinajstić information content (AvgIpc) is 3.02. The number of hydrogen-bond acceptors (Lipinski definition) is 5. The number of hydrogen-bond donors (Lipinski definition) is 1. The van der Waals surface area contributed by atoms with Gasteiger partial charge in [-0.2, -0.15) is 0 Å². The van der Waals surface area contributed by atoms with Gasteiger partial charge in [0.2, 0.25) is 0 Å². The van der Waals surface area contributed by atoms with Crippen LogP contribution in [0.4, 0.5) is 0 Å². The van der Waals surface area contributed by atoms with E-state index in [0.29, 0.717) is 6.04 Å². The molecule has 3 rings (SSSR count). The first kappa shape index (κ1) is 13.0. The Morgan fingerprint density at radius 1 is 1.37 bits per heavy atom. The maximum absolute atomic E-state index is 4.19. The number of aromatic nitrogens is 4. The molecule has 0 amide bonds. The number of nitrogens with zero attached hydrogens (tertiary/aromatic N) is 5. The van der Waals surface area contributed by atoms with Crippen molar-refractivity contribution in [2.24, 2.45) is 5.92 Å². The van der Waals surface area contributed by atoms with E-state index >= 15 is 0 Å². The molecule has 1 aromatic heterocycles. The summed E-state index contributed by atoms with van der Waals surface area (Å²) in [6.07, 6.45) is 5.01. The van der Waals surface area contributed by atoms with Gasteiger partial charge in [0.15, 0.2) is 5.82 Å². The summed E-state index contributed by atoms with van der Waals surface area (Å²) in [6, 6.07) is 0.689. The highest BCUT2D eigenvalue weighted by Crippen LogP contribution is 2.25. The third-order valence-corrected chi connectivity index (χ3v) is 4.37. The van der Waals surface area contributed by atoms with Crippen LogP contribution in [-0.4, -0.2) is 50.8 Å². The molecule has 3 heterocycles. The first-order valence-corrected chi connectivity index (χ1v) is 7.57. The average molecular weight is 264 g/mol. The maximum Gasteiger partial charge on any atom is 0.165 e. The first-order chi connectivity index (χ1) is 9.36. The summed E-state index contributed by atoms with van der Waals surface area (Å²) < 4.78 is 1.97. The van der Waals surface area contributed by atoms with Gasteiger partial charge >= 0.3 is 0 Å². The Kier molecular flexibility index (Phi) is 4.08. The van der Waals surface area contributed by atoms with Crippen LogP contribution < -0.4 is 5.32 Å². The van der Waals surface area contributed by atoms with Crippen molar-refractivity contribution in [3.63, 3.8) is 0 Å². The van der Waals surface area contributed by atoms with Crippen molar-refractivity contribution in [3.05, 3.63) is 5.82 Å². The molecule has 1 N–H and O–H groups in total. The highest BCUT2D eigenvalue weighted by molar-refractivity contribution is 4.94. The fourth-order valence-corrected chi connectivity index (χ4v) is 3.28. The normalized spacial score (nSPS) is 27.6. The molecule has 0 spiro atoms. The molecule has 2 fully saturated rings. The van der Waals surface area contributed by atoms with Crippen molar-refractivity contribution in [1.29, 1.82) is 0 Å². The van der Waals surface area contributed by atoms with Crippen LogP contribution in [0, 0.1) is 5.92 Å². The second kappa shape index (κ2) is 5.96. The van der Waals surface area contributed by atoms with E-state index in [2.05, 4.69) is 32.7 Å². The van der Waals surface area contributed by atoms with Crippen molar-refractivity contribution < 1.29 is 0 Å². The number of rotatable bonds is 5. The van der Waals surface area contributed by atoms with Gasteiger partial charge in [0.1, 0.15) is 0 Å². The lowest BCUT2D eigenvalue weighted by atomic mass is 9.94. The van der Waals surface area contributed by atoms with Crippen LogP contribution >= 0.6 is 0 Å². The number of likely N-dealkylation sites (tertiary alicyclic amines) is 1. The monoisotopic (exact) mass is 264 g/mol. The van der Waals surface area contributed by atoms with Gasteiger partial charge in [-0.15, -0.1) is 5.10 Å².